The van der Waals surface area contributed by atoms with Crippen molar-refractivity contribution in [3.05, 3.63) is 48.2 Å². The van der Waals surface area contributed by atoms with Crippen molar-refractivity contribution in [2.24, 2.45) is 0 Å². The molecule has 0 bridgehead atoms. The SMILES string of the molecule is CCc1ccc(NC(=O)CSc2nc3ncccc3o2)cc1. The Morgan fingerprint density at radius 3 is 2.82 bits per heavy atom. The summed E-state index contributed by atoms with van der Waals surface area (Å²) in [4.78, 5) is 20.3. The summed E-state index contributed by atoms with van der Waals surface area (Å²) in [5, 5.41) is 3.30. The number of anilines is 1. The molecule has 5 nitrogen and oxygen atoms in total. The highest BCUT2D eigenvalue weighted by molar-refractivity contribution is 7.99. The summed E-state index contributed by atoms with van der Waals surface area (Å²) in [5.74, 6) is 0.145. The molecule has 0 aliphatic heterocycles. The first kappa shape index (κ1) is 14.6. The maximum absolute atomic E-state index is 11.9. The summed E-state index contributed by atoms with van der Waals surface area (Å²) in [6.45, 7) is 2.10. The number of hydrogen-bond donors (Lipinski definition) is 1. The number of oxazole rings is 1. The molecule has 0 saturated carbocycles. The lowest BCUT2D eigenvalue weighted by atomic mass is 10.1. The van der Waals surface area contributed by atoms with Gasteiger partial charge in [-0.05, 0) is 36.2 Å². The third-order valence-electron chi connectivity index (χ3n) is 3.12. The fourth-order valence-electron chi connectivity index (χ4n) is 1.96. The number of thioether (sulfide) groups is 1. The van der Waals surface area contributed by atoms with Gasteiger partial charge in [0, 0.05) is 11.9 Å². The number of amides is 1. The predicted molar refractivity (Wildman–Crippen MR) is 87.0 cm³/mol. The Morgan fingerprint density at radius 2 is 2.09 bits per heavy atom. The number of hydrogen-bond acceptors (Lipinski definition) is 5. The molecule has 3 rings (SSSR count). The lowest BCUT2D eigenvalue weighted by Crippen LogP contribution is -2.13. The van der Waals surface area contributed by atoms with Crippen LogP contribution in [0.4, 0.5) is 5.69 Å². The van der Waals surface area contributed by atoms with E-state index in [9.17, 15) is 4.79 Å². The lowest BCUT2D eigenvalue weighted by molar-refractivity contribution is -0.113. The van der Waals surface area contributed by atoms with Crippen LogP contribution in [0.15, 0.2) is 52.2 Å². The first-order chi connectivity index (χ1) is 10.7. The maximum Gasteiger partial charge on any atom is 0.258 e. The normalized spacial score (nSPS) is 10.8. The van der Waals surface area contributed by atoms with Gasteiger partial charge in [-0.1, -0.05) is 30.8 Å². The van der Waals surface area contributed by atoms with Gasteiger partial charge in [-0.3, -0.25) is 4.79 Å². The van der Waals surface area contributed by atoms with Gasteiger partial charge in [-0.25, -0.2) is 4.98 Å². The van der Waals surface area contributed by atoms with Crippen LogP contribution in [-0.4, -0.2) is 21.6 Å². The minimum absolute atomic E-state index is 0.0931. The second-order valence-corrected chi connectivity index (χ2v) is 5.62. The molecule has 22 heavy (non-hydrogen) atoms. The Hall–Kier alpha value is -2.34. The van der Waals surface area contributed by atoms with Crippen LogP contribution in [0.3, 0.4) is 0 Å². The molecule has 6 heteroatoms. The van der Waals surface area contributed by atoms with Crippen molar-refractivity contribution in [2.75, 3.05) is 11.1 Å². The number of carbonyl (C=O) groups excluding carboxylic acids is 1. The highest BCUT2D eigenvalue weighted by atomic mass is 32.2. The number of benzene rings is 1. The molecular weight excluding hydrogens is 298 g/mol. The number of fused-ring (bicyclic) bond motifs is 1. The van der Waals surface area contributed by atoms with Gasteiger partial charge >= 0.3 is 0 Å². The summed E-state index contributed by atoms with van der Waals surface area (Å²) in [5.41, 5.74) is 3.22. The third-order valence-corrected chi connectivity index (χ3v) is 3.95. The smallest absolute Gasteiger partial charge is 0.258 e. The van der Waals surface area contributed by atoms with Crippen molar-refractivity contribution in [1.82, 2.24) is 9.97 Å². The van der Waals surface area contributed by atoms with E-state index in [0.29, 0.717) is 16.5 Å². The average Bonchev–Trinajstić information content (AvgIpc) is 2.96. The first-order valence-electron chi connectivity index (χ1n) is 6.98. The molecule has 1 amide bonds. The highest BCUT2D eigenvalue weighted by Crippen LogP contribution is 2.22. The zero-order valence-corrected chi connectivity index (χ0v) is 12.9. The van der Waals surface area contributed by atoms with Gasteiger partial charge in [0.15, 0.2) is 11.2 Å². The van der Waals surface area contributed by atoms with Crippen LogP contribution in [0.25, 0.3) is 11.2 Å². The monoisotopic (exact) mass is 313 g/mol. The largest absolute Gasteiger partial charge is 0.430 e. The van der Waals surface area contributed by atoms with Crippen LogP contribution in [0.2, 0.25) is 0 Å². The van der Waals surface area contributed by atoms with Crippen LogP contribution in [0.1, 0.15) is 12.5 Å². The zero-order chi connectivity index (χ0) is 15.4. The average molecular weight is 313 g/mol. The van der Waals surface area contributed by atoms with E-state index in [0.717, 1.165) is 12.1 Å². The third kappa shape index (κ3) is 3.46. The van der Waals surface area contributed by atoms with Crippen LogP contribution in [-0.2, 0) is 11.2 Å². The molecular formula is C16H15N3O2S. The number of aromatic nitrogens is 2. The molecule has 1 N–H and O–H groups in total. The van der Waals surface area contributed by atoms with Gasteiger partial charge in [-0.15, -0.1) is 0 Å². The maximum atomic E-state index is 11.9. The first-order valence-corrected chi connectivity index (χ1v) is 7.96. The Kier molecular flexibility index (Phi) is 4.39. The molecule has 1 aromatic carbocycles. The van der Waals surface area contributed by atoms with Crippen LogP contribution < -0.4 is 5.32 Å². The molecule has 3 aromatic rings. The molecule has 112 valence electrons. The van der Waals surface area contributed by atoms with Gasteiger partial charge in [-0.2, -0.15) is 4.98 Å². The van der Waals surface area contributed by atoms with Crippen LogP contribution >= 0.6 is 11.8 Å². The Morgan fingerprint density at radius 1 is 1.27 bits per heavy atom. The summed E-state index contributed by atoms with van der Waals surface area (Å²) < 4.78 is 5.51. The molecule has 0 atom stereocenters. The van der Waals surface area contributed by atoms with E-state index in [1.54, 1.807) is 18.3 Å². The van der Waals surface area contributed by atoms with Gasteiger partial charge in [0.1, 0.15) is 0 Å². The molecule has 2 aromatic heterocycles. The van der Waals surface area contributed by atoms with Gasteiger partial charge < -0.3 is 9.73 Å². The van der Waals surface area contributed by atoms with Crippen molar-refractivity contribution in [3.8, 4) is 0 Å². The summed E-state index contributed by atoms with van der Waals surface area (Å²) >= 11 is 1.25. The van der Waals surface area contributed by atoms with E-state index < -0.39 is 0 Å². The van der Waals surface area contributed by atoms with Gasteiger partial charge in [0.05, 0.1) is 5.75 Å². The van der Waals surface area contributed by atoms with E-state index >= 15 is 0 Å². The van der Waals surface area contributed by atoms with E-state index in [4.69, 9.17) is 4.42 Å². The summed E-state index contributed by atoms with van der Waals surface area (Å²) in [6.07, 6.45) is 2.64. The van der Waals surface area contributed by atoms with E-state index in [2.05, 4.69) is 22.2 Å². The van der Waals surface area contributed by atoms with Crippen molar-refractivity contribution in [1.29, 1.82) is 0 Å². The number of aryl methyl sites for hydroxylation is 1. The predicted octanol–water partition coefficient (Wildman–Crippen LogP) is 3.52. The molecule has 2 heterocycles. The quantitative estimate of drug-likeness (QED) is 0.730. The molecule has 0 aliphatic rings. The Labute approximate surface area is 132 Å². The van der Waals surface area contributed by atoms with E-state index in [-0.39, 0.29) is 11.7 Å². The zero-order valence-electron chi connectivity index (χ0n) is 12.1. The number of pyridine rings is 1. The minimum atomic E-state index is -0.0931. The second kappa shape index (κ2) is 6.62. The number of nitrogens with zero attached hydrogens (tertiary/aromatic N) is 2. The number of carbonyl (C=O) groups is 1. The standard InChI is InChI=1S/C16H15N3O2S/c1-2-11-5-7-12(8-6-11)18-14(20)10-22-16-19-15-13(21-16)4-3-9-17-15/h3-9H,2,10H2,1H3,(H,18,20). The fraction of sp³-hybridized carbons (Fsp3) is 0.188. The minimum Gasteiger partial charge on any atom is -0.430 e. The Bertz CT molecular complexity index is 750. The van der Waals surface area contributed by atoms with Crippen molar-refractivity contribution in [3.63, 3.8) is 0 Å². The Balaban J connectivity index is 1.57. The lowest BCUT2D eigenvalue weighted by Gasteiger charge is -2.04. The number of nitrogens with one attached hydrogen (secondary N) is 1. The van der Waals surface area contributed by atoms with Crippen LogP contribution in [0, 0.1) is 0 Å². The molecule has 0 aliphatic carbocycles. The summed E-state index contributed by atoms with van der Waals surface area (Å²) in [6, 6.07) is 11.4. The van der Waals surface area contributed by atoms with Crippen molar-refractivity contribution in [2.45, 2.75) is 18.6 Å². The second-order valence-electron chi connectivity index (χ2n) is 4.69. The van der Waals surface area contributed by atoms with Crippen molar-refractivity contribution >= 4 is 34.6 Å². The van der Waals surface area contributed by atoms with Crippen molar-refractivity contribution < 1.29 is 9.21 Å². The number of rotatable bonds is 5. The molecule has 0 spiro atoms. The highest BCUT2D eigenvalue weighted by Gasteiger charge is 2.10. The topological polar surface area (TPSA) is 68.0 Å². The molecule has 0 radical (unpaired) electrons. The van der Waals surface area contributed by atoms with Gasteiger partial charge in [0.25, 0.3) is 5.22 Å². The van der Waals surface area contributed by atoms with E-state index in [1.807, 2.05) is 24.3 Å². The molecule has 0 unspecified atom stereocenters. The fourth-order valence-corrected chi connectivity index (χ4v) is 2.59. The summed E-state index contributed by atoms with van der Waals surface area (Å²) in [7, 11) is 0. The molecule has 0 saturated heterocycles. The molecule has 0 fully saturated rings. The van der Waals surface area contributed by atoms with Gasteiger partial charge in [0.2, 0.25) is 5.91 Å². The van der Waals surface area contributed by atoms with Crippen LogP contribution in [0.5, 0.6) is 0 Å². The van der Waals surface area contributed by atoms with E-state index in [1.165, 1.54) is 17.3 Å².